The highest BCUT2D eigenvalue weighted by Gasteiger charge is 2.30. The molecule has 2 heterocycles. The number of fused-ring (bicyclic) bond motifs is 3. The lowest BCUT2D eigenvalue weighted by atomic mass is 9.82. The average Bonchev–Trinajstić information content (AvgIpc) is 3.05. The summed E-state index contributed by atoms with van der Waals surface area (Å²) in [5, 5.41) is 6.11. The number of ketones is 1. The van der Waals surface area contributed by atoms with Crippen LogP contribution in [0.3, 0.4) is 0 Å². The van der Waals surface area contributed by atoms with Crippen LogP contribution in [0.25, 0.3) is 16.8 Å². The van der Waals surface area contributed by atoms with E-state index in [-0.39, 0.29) is 11.7 Å². The topological polar surface area (TPSA) is 47.3 Å². The minimum atomic E-state index is 0.0720. The lowest BCUT2D eigenvalue weighted by Gasteiger charge is -2.24. The molecule has 0 amide bonds. The predicted octanol–water partition coefficient (Wildman–Crippen LogP) is 5.92. The molecular weight excluding hydrogens is 405 g/mol. The van der Waals surface area contributed by atoms with Gasteiger partial charge in [-0.15, -0.1) is 0 Å². The first-order chi connectivity index (χ1) is 14.0. The van der Waals surface area contributed by atoms with Crippen LogP contribution in [0.2, 0.25) is 10.0 Å². The van der Waals surface area contributed by atoms with E-state index in [4.69, 9.17) is 28.3 Å². The smallest absolute Gasteiger partial charge is 0.166 e. The second kappa shape index (κ2) is 6.97. The molecule has 0 saturated carbocycles. The standard InChI is InChI=1S/C23H17Cl2N3O/c1-13-22(14-5-7-17(24)8-6-14)23-26-12-19-20(28(23)27-13)10-16(11-21(19)29)15-3-2-4-18(25)9-15/h2-9,12,16H,10-11H2,1H3. The van der Waals surface area contributed by atoms with Crippen molar-refractivity contribution in [3.05, 3.63) is 87.3 Å². The van der Waals surface area contributed by atoms with E-state index < -0.39 is 0 Å². The van der Waals surface area contributed by atoms with Gasteiger partial charge in [-0.1, -0.05) is 47.5 Å². The molecule has 2 aromatic heterocycles. The van der Waals surface area contributed by atoms with Gasteiger partial charge in [0, 0.05) is 28.2 Å². The Balaban J connectivity index is 1.66. The fraction of sp³-hybridized carbons (Fsp3) is 0.174. The highest BCUT2D eigenvalue weighted by Crippen LogP contribution is 2.36. The third-order valence-corrected chi connectivity index (χ3v) is 6.03. The van der Waals surface area contributed by atoms with E-state index in [9.17, 15) is 4.79 Å². The molecule has 1 atom stereocenters. The molecule has 0 spiro atoms. The van der Waals surface area contributed by atoms with E-state index in [2.05, 4.69) is 4.98 Å². The summed E-state index contributed by atoms with van der Waals surface area (Å²) in [5.74, 6) is 0.162. The van der Waals surface area contributed by atoms with Crippen LogP contribution < -0.4 is 0 Å². The third-order valence-electron chi connectivity index (χ3n) is 5.54. The number of carbonyl (C=O) groups is 1. The first kappa shape index (κ1) is 18.3. The number of hydrogen-bond acceptors (Lipinski definition) is 3. The van der Waals surface area contributed by atoms with Crippen molar-refractivity contribution in [1.29, 1.82) is 0 Å². The summed E-state index contributed by atoms with van der Waals surface area (Å²) < 4.78 is 1.84. The lowest BCUT2D eigenvalue weighted by molar-refractivity contribution is 0.0962. The predicted molar refractivity (Wildman–Crippen MR) is 115 cm³/mol. The van der Waals surface area contributed by atoms with Gasteiger partial charge in [-0.05, 0) is 54.7 Å². The highest BCUT2D eigenvalue weighted by atomic mass is 35.5. The van der Waals surface area contributed by atoms with Crippen molar-refractivity contribution >= 4 is 34.6 Å². The van der Waals surface area contributed by atoms with E-state index >= 15 is 0 Å². The number of Topliss-reactive ketones (excluding diaryl/α,β-unsaturated/α-hetero) is 1. The van der Waals surface area contributed by atoms with Crippen LogP contribution in [0.1, 0.15) is 39.6 Å². The van der Waals surface area contributed by atoms with Gasteiger partial charge >= 0.3 is 0 Å². The van der Waals surface area contributed by atoms with Crippen molar-refractivity contribution in [1.82, 2.24) is 14.6 Å². The molecule has 0 radical (unpaired) electrons. The van der Waals surface area contributed by atoms with Gasteiger partial charge < -0.3 is 0 Å². The number of hydrogen-bond donors (Lipinski definition) is 0. The second-order valence-corrected chi connectivity index (χ2v) is 8.28. The van der Waals surface area contributed by atoms with E-state index in [1.165, 1.54) is 0 Å². The van der Waals surface area contributed by atoms with Crippen molar-refractivity contribution < 1.29 is 4.79 Å². The molecule has 0 bridgehead atoms. The van der Waals surface area contributed by atoms with E-state index in [0.29, 0.717) is 28.5 Å². The monoisotopic (exact) mass is 421 g/mol. The molecule has 0 saturated heterocycles. The minimum absolute atomic E-state index is 0.0720. The summed E-state index contributed by atoms with van der Waals surface area (Å²) in [6, 6.07) is 15.4. The quantitative estimate of drug-likeness (QED) is 0.403. The van der Waals surface area contributed by atoms with Gasteiger partial charge in [0.25, 0.3) is 0 Å². The number of carbonyl (C=O) groups excluding carboxylic acids is 1. The Morgan fingerprint density at radius 1 is 1.03 bits per heavy atom. The molecule has 4 aromatic rings. The number of rotatable bonds is 2. The molecule has 144 valence electrons. The molecule has 1 unspecified atom stereocenters. The number of aromatic nitrogens is 3. The molecule has 0 aliphatic heterocycles. The van der Waals surface area contributed by atoms with Crippen molar-refractivity contribution in [3.63, 3.8) is 0 Å². The largest absolute Gasteiger partial charge is 0.294 e. The Hall–Kier alpha value is -2.69. The molecular formula is C23H17Cl2N3O. The Labute approximate surface area is 178 Å². The molecule has 6 heteroatoms. The van der Waals surface area contributed by atoms with Crippen molar-refractivity contribution in [2.24, 2.45) is 0 Å². The van der Waals surface area contributed by atoms with Crippen molar-refractivity contribution in [2.75, 3.05) is 0 Å². The average molecular weight is 422 g/mol. The molecule has 2 aromatic carbocycles. The molecule has 5 rings (SSSR count). The molecule has 1 aliphatic carbocycles. The molecule has 0 fully saturated rings. The first-order valence-electron chi connectivity index (χ1n) is 9.43. The Kier molecular flexibility index (Phi) is 4.41. The highest BCUT2D eigenvalue weighted by molar-refractivity contribution is 6.30. The van der Waals surface area contributed by atoms with Crippen LogP contribution in [0.15, 0.2) is 54.7 Å². The third kappa shape index (κ3) is 3.13. The van der Waals surface area contributed by atoms with Crippen LogP contribution in [-0.4, -0.2) is 20.4 Å². The maximum atomic E-state index is 12.9. The Morgan fingerprint density at radius 3 is 2.59 bits per heavy atom. The van der Waals surface area contributed by atoms with E-state index in [1.807, 2.05) is 60.0 Å². The molecule has 1 aliphatic rings. The zero-order valence-electron chi connectivity index (χ0n) is 15.7. The fourth-order valence-corrected chi connectivity index (χ4v) is 4.48. The maximum absolute atomic E-state index is 12.9. The Morgan fingerprint density at radius 2 is 1.83 bits per heavy atom. The van der Waals surface area contributed by atoms with Gasteiger partial charge in [0.15, 0.2) is 11.4 Å². The van der Waals surface area contributed by atoms with Crippen LogP contribution in [0.5, 0.6) is 0 Å². The Bertz CT molecular complexity index is 1260. The lowest BCUT2D eigenvalue weighted by Crippen LogP contribution is -2.22. The van der Waals surface area contributed by atoms with Crippen molar-refractivity contribution in [2.45, 2.75) is 25.7 Å². The zero-order chi connectivity index (χ0) is 20.1. The summed E-state index contributed by atoms with van der Waals surface area (Å²) in [6.07, 6.45) is 2.86. The molecule has 0 N–H and O–H groups in total. The number of aryl methyl sites for hydroxylation is 1. The normalized spacial score (nSPS) is 16.2. The van der Waals surface area contributed by atoms with E-state index in [0.717, 1.165) is 33.7 Å². The van der Waals surface area contributed by atoms with Gasteiger partial charge in [0.05, 0.1) is 17.0 Å². The van der Waals surface area contributed by atoms with Crippen LogP contribution in [0, 0.1) is 6.92 Å². The summed E-state index contributed by atoms with van der Waals surface area (Å²) in [5.41, 5.74) is 6.21. The van der Waals surface area contributed by atoms with Gasteiger partial charge in [-0.25, -0.2) is 9.50 Å². The van der Waals surface area contributed by atoms with Crippen LogP contribution in [0.4, 0.5) is 0 Å². The van der Waals surface area contributed by atoms with Gasteiger partial charge in [0.1, 0.15) is 0 Å². The summed E-state index contributed by atoms with van der Waals surface area (Å²) in [4.78, 5) is 17.5. The second-order valence-electron chi connectivity index (χ2n) is 7.40. The first-order valence-corrected chi connectivity index (χ1v) is 10.2. The van der Waals surface area contributed by atoms with Gasteiger partial charge in [0.2, 0.25) is 0 Å². The summed E-state index contributed by atoms with van der Waals surface area (Å²) >= 11 is 12.2. The van der Waals surface area contributed by atoms with Crippen molar-refractivity contribution in [3.8, 4) is 11.1 Å². The van der Waals surface area contributed by atoms with Gasteiger partial charge in [-0.3, -0.25) is 4.79 Å². The number of nitrogens with zero attached hydrogens (tertiary/aromatic N) is 3. The SMILES string of the molecule is Cc1nn2c3c(cnc2c1-c1ccc(Cl)cc1)C(=O)CC(c1cccc(Cl)c1)C3. The number of halogens is 2. The number of benzene rings is 2. The summed E-state index contributed by atoms with van der Waals surface area (Å²) in [7, 11) is 0. The molecule has 29 heavy (non-hydrogen) atoms. The molecule has 4 nitrogen and oxygen atoms in total. The van der Waals surface area contributed by atoms with Crippen LogP contribution in [-0.2, 0) is 6.42 Å². The minimum Gasteiger partial charge on any atom is -0.294 e. The zero-order valence-corrected chi connectivity index (χ0v) is 17.2. The maximum Gasteiger partial charge on any atom is 0.166 e. The van der Waals surface area contributed by atoms with Crippen LogP contribution >= 0.6 is 23.2 Å². The summed E-state index contributed by atoms with van der Waals surface area (Å²) in [6.45, 7) is 1.96. The fourth-order valence-electron chi connectivity index (χ4n) is 4.16. The van der Waals surface area contributed by atoms with E-state index in [1.54, 1.807) is 6.20 Å². The van der Waals surface area contributed by atoms with Gasteiger partial charge in [-0.2, -0.15) is 5.10 Å².